The molecule has 4 amide bonds. The lowest BCUT2D eigenvalue weighted by atomic mass is 10.00. The standard InChI is InChI=1S/C33H40N6O6/c1-32(2,3)45-31(43)37-33(4,5)30(42)35-26(21-44-20-23-11-7-6-8-12-23)29(41)36-27-18-38(22-34-27)19-28(40)39-16-15-24-13-9-10-14-25(24)17-39/h6-7,9-11,13-14,18,22,26H,15-17,19-21H2,1-5H3,(H,35,42)(H,36,41)(H,37,43)/t26-/m1/s1. The summed E-state index contributed by atoms with van der Waals surface area (Å²) in [4.78, 5) is 58.0. The number of carbonyl (C=O) groups excluding carboxylic acids is 4. The van der Waals surface area contributed by atoms with Crippen molar-refractivity contribution in [3.8, 4) is 0 Å². The molecule has 2 aromatic carbocycles. The van der Waals surface area contributed by atoms with Crippen molar-refractivity contribution in [2.75, 3.05) is 18.5 Å². The average Bonchev–Trinajstić information content (AvgIpc) is 3.41. The van der Waals surface area contributed by atoms with Crippen molar-refractivity contribution in [1.29, 1.82) is 0 Å². The number of ether oxygens (including phenoxy) is 2. The summed E-state index contributed by atoms with van der Waals surface area (Å²) in [6, 6.07) is 18.0. The average molecular weight is 617 g/mol. The van der Waals surface area contributed by atoms with Crippen LogP contribution in [0.5, 0.6) is 0 Å². The van der Waals surface area contributed by atoms with E-state index in [1.54, 1.807) is 54.6 Å². The van der Waals surface area contributed by atoms with E-state index in [0.29, 0.717) is 13.1 Å². The van der Waals surface area contributed by atoms with Gasteiger partial charge in [0.15, 0.2) is 5.82 Å². The van der Waals surface area contributed by atoms with E-state index in [2.05, 4.69) is 39.1 Å². The second-order valence-electron chi connectivity index (χ2n) is 12.4. The van der Waals surface area contributed by atoms with Crippen LogP contribution in [0.15, 0.2) is 55.0 Å². The van der Waals surface area contributed by atoms with E-state index in [-0.39, 0.29) is 31.5 Å². The van der Waals surface area contributed by atoms with Crippen LogP contribution in [0, 0.1) is 12.1 Å². The van der Waals surface area contributed by atoms with Crippen LogP contribution < -0.4 is 16.0 Å². The molecule has 4 rings (SSSR count). The van der Waals surface area contributed by atoms with Gasteiger partial charge in [0.2, 0.25) is 11.8 Å². The fraction of sp³-hybridized carbons (Fsp3) is 0.424. The summed E-state index contributed by atoms with van der Waals surface area (Å²) >= 11 is 0. The van der Waals surface area contributed by atoms with Crippen molar-refractivity contribution in [2.45, 2.75) is 77.9 Å². The number of amides is 4. The number of rotatable bonds is 11. The lowest BCUT2D eigenvalue weighted by molar-refractivity contribution is -0.132. The Balaban J connectivity index is 1.38. The third-order valence-corrected chi connectivity index (χ3v) is 6.94. The highest BCUT2D eigenvalue weighted by atomic mass is 16.6. The maximum absolute atomic E-state index is 13.4. The molecule has 0 fully saturated rings. The third-order valence-electron chi connectivity index (χ3n) is 6.94. The number of nitrogens with one attached hydrogen (secondary N) is 3. The SMILES string of the molecule is CC(C)(C)OC(=O)NC(C)(C)C(=O)N[C@H](COCc1c#cccc1)C(=O)Nc1cn(CC(=O)N2CCc3ccccc3C2)cn1. The van der Waals surface area contributed by atoms with Crippen LogP contribution in [0.25, 0.3) is 0 Å². The number of imidazole rings is 1. The van der Waals surface area contributed by atoms with Gasteiger partial charge in [-0.2, -0.15) is 0 Å². The highest BCUT2D eigenvalue weighted by Crippen LogP contribution is 2.19. The monoisotopic (exact) mass is 616 g/mol. The quantitative estimate of drug-likeness (QED) is 0.301. The first kappa shape index (κ1) is 33.0. The Labute approximate surface area is 263 Å². The summed E-state index contributed by atoms with van der Waals surface area (Å²) in [6.07, 6.45) is 3.04. The summed E-state index contributed by atoms with van der Waals surface area (Å²) < 4.78 is 12.6. The maximum atomic E-state index is 13.4. The van der Waals surface area contributed by atoms with E-state index in [1.807, 2.05) is 18.2 Å². The Morgan fingerprint density at radius 3 is 2.51 bits per heavy atom. The van der Waals surface area contributed by atoms with Crippen LogP contribution in [0.4, 0.5) is 10.6 Å². The Bertz CT molecular complexity index is 1500. The second-order valence-corrected chi connectivity index (χ2v) is 12.4. The number of hydrogen-bond acceptors (Lipinski definition) is 7. The molecule has 0 spiro atoms. The largest absolute Gasteiger partial charge is 0.444 e. The number of anilines is 1. The van der Waals surface area contributed by atoms with Crippen molar-refractivity contribution in [3.63, 3.8) is 0 Å². The molecule has 0 bridgehead atoms. The Hall–Kier alpha value is -4.89. The zero-order valence-electron chi connectivity index (χ0n) is 26.3. The number of carbonyl (C=O) groups is 4. The zero-order chi connectivity index (χ0) is 32.6. The first-order valence-corrected chi connectivity index (χ1v) is 14.7. The fourth-order valence-electron chi connectivity index (χ4n) is 4.59. The van der Waals surface area contributed by atoms with Gasteiger partial charge in [0, 0.05) is 24.8 Å². The molecule has 0 radical (unpaired) electrons. The van der Waals surface area contributed by atoms with Crippen LogP contribution in [0.1, 0.15) is 51.3 Å². The molecular formula is C33H40N6O6. The first-order valence-electron chi connectivity index (χ1n) is 14.7. The third kappa shape index (κ3) is 9.81. The van der Waals surface area contributed by atoms with E-state index < -0.39 is 35.1 Å². The number of alkyl carbamates (subject to hydrolysis) is 1. The highest BCUT2D eigenvalue weighted by Gasteiger charge is 2.34. The van der Waals surface area contributed by atoms with Gasteiger partial charge in [-0.25, -0.2) is 9.78 Å². The van der Waals surface area contributed by atoms with Crippen molar-refractivity contribution in [2.24, 2.45) is 0 Å². The summed E-state index contributed by atoms with van der Waals surface area (Å²) in [5.41, 5.74) is 0.935. The number of benzene rings is 1. The summed E-state index contributed by atoms with van der Waals surface area (Å²) in [6.45, 7) is 9.32. The van der Waals surface area contributed by atoms with Crippen molar-refractivity contribution in [1.82, 2.24) is 25.1 Å². The molecule has 45 heavy (non-hydrogen) atoms. The van der Waals surface area contributed by atoms with Gasteiger partial charge in [-0.15, -0.1) is 0 Å². The Morgan fingerprint density at radius 1 is 1.04 bits per heavy atom. The van der Waals surface area contributed by atoms with Crippen molar-refractivity contribution >= 4 is 29.6 Å². The molecule has 2 heterocycles. The molecule has 3 N–H and O–H groups in total. The van der Waals surface area contributed by atoms with Crippen LogP contribution in [0.3, 0.4) is 0 Å². The predicted octanol–water partition coefficient (Wildman–Crippen LogP) is 3.01. The second kappa shape index (κ2) is 14.3. The van der Waals surface area contributed by atoms with Gasteiger partial charge < -0.3 is 34.9 Å². The molecule has 0 unspecified atom stereocenters. The van der Waals surface area contributed by atoms with Crippen molar-refractivity contribution in [3.05, 3.63) is 83.8 Å². The number of aromatic nitrogens is 2. The van der Waals surface area contributed by atoms with Gasteiger partial charge in [0.05, 0.1) is 19.5 Å². The molecule has 3 aromatic rings. The van der Waals surface area contributed by atoms with Gasteiger partial charge in [0.1, 0.15) is 23.7 Å². The van der Waals surface area contributed by atoms with Crippen molar-refractivity contribution < 1.29 is 28.7 Å². The topological polar surface area (TPSA) is 144 Å². The Kier molecular flexibility index (Phi) is 10.5. The molecule has 0 aliphatic carbocycles. The molecule has 0 saturated carbocycles. The molecule has 0 saturated heterocycles. The summed E-state index contributed by atoms with van der Waals surface area (Å²) in [7, 11) is 0. The maximum Gasteiger partial charge on any atom is 0.408 e. The minimum atomic E-state index is -1.42. The minimum absolute atomic E-state index is 0.0590. The van der Waals surface area contributed by atoms with Gasteiger partial charge in [-0.3, -0.25) is 14.4 Å². The van der Waals surface area contributed by atoms with Crippen LogP contribution in [-0.2, 0) is 50.0 Å². The molecule has 1 aliphatic heterocycles. The van der Waals surface area contributed by atoms with E-state index >= 15 is 0 Å². The zero-order valence-corrected chi connectivity index (χ0v) is 26.3. The molecule has 12 heteroatoms. The lowest BCUT2D eigenvalue weighted by Gasteiger charge is -2.29. The summed E-state index contributed by atoms with van der Waals surface area (Å²) in [5, 5.41) is 7.89. The van der Waals surface area contributed by atoms with Gasteiger partial charge in [0.25, 0.3) is 5.91 Å². The van der Waals surface area contributed by atoms with Crippen LogP contribution in [0.2, 0.25) is 0 Å². The van der Waals surface area contributed by atoms with Gasteiger partial charge >= 0.3 is 6.09 Å². The molecule has 1 atom stereocenters. The smallest absolute Gasteiger partial charge is 0.408 e. The Morgan fingerprint density at radius 2 is 1.80 bits per heavy atom. The lowest BCUT2D eigenvalue weighted by Crippen LogP contribution is -2.59. The number of hydrogen-bond donors (Lipinski definition) is 3. The van der Waals surface area contributed by atoms with E-state index in [9.17, 15) is 19.2 Å². The van der Waals surface area contributed by atoms with Gasteiger partial charge in [-0.05, 0) is 64.3 Å². The fourth-order valence-corrected chi connectivity index (χ4v) is 4.59. The van der Waals surface area contributed by atoms with Crippen LogP contribution in [-0.4, -0.2) is 68.6 Å². The molecule has 12 nitrogen and oxygen atoms in total. The predicted molar refractivity (Wildman–Crippen MR) is 166 cm³/mol. The molecule has 1 aromatic heterocycles. The van der Waals surface area contributed by atoms with Crippen LogP contribution >= 0.6 is 0 Å². The van der Waals surface area contributed by atoms with E-state index in [1.165, 1.54) is 25.7 Å². The number of nitrogens with zero attached hydrogens (tertiary/aromatic N) is 3. The molecule has 238 valence electrons. The first-order chi connectivity index (χ1) is 21.3. The number of fused-ring (bicyclic) bond motifs is 1. The van der Waals surface area contributed by atoms with E-state index in [0.717, 1.165) is 17.5 Å². The molecular weight excluding hydrogens is 576 g/mol. The normalized spacial score (nSPS) is 13.6. The minimum Gasteiger partial charge on any atom is -0.444 e. The van der Waals surface area contributed by atoms with E-state index in [4.69, 9.17) is 9.47 Å². The summed E-state index contributed by atoms with van der Waals surface area (Å²) in [5.74, 6) is -1.08. The molecule has 1 aliphatic rings. The highest BCUT2D eigenvalue weighted by molar-refractivity contribution is 5.98. The van der Waals surface area contributed by atoms with Gasteiger partial charge in [-0.1, -0.05) is 42.5 Å².